The van der Waals surface area contributed by atoms with Crippen LogP contribution in [0.2, 0.25) is 0 Å². The molecule has 0 fully saturated rings. The number of pyridine rings is 1. The van der Waals surface area contributed by atoms with Crippen molar-refractivity contribution in [1.29, 1.82) is 5.26 Å². The Kier molecular flexibility index (Phi) is 3.66. The van der Waals surface area contributed by atoms with Gasteiger partial charge in [0, 0.05) is 6.20 Å². The second-order valence-electron chi connectivity index (χ2n) is 3.31. The summed E-state index contributed by atoms with van der Waals surface area (Å²) in [7, 11) is 0. The first-order chi connectivity index (χ1) is 7.79. The van der Waals surface area contributed by atoms with Crippen LogP contribution in [0, 0.1) is 18.3 Å². The van der Waals surface area contributed by atoms with E-state index in [4.69, 9.17) is 5.26 Å². The van der Waals surface area contributed by atoms with Crippen molar-refractivity contribution in [2.24, 2.45) is 0 Å². The fourth-order valence-electron chi connectivity index (χ4n) is 1.49. The van der Waals surface area contributed by atoms with Gasteiger partial charge in [0.1, 0.15) is 0 Å². The molecular weight excluding hydrogens is 243 g/mol. The molecule has 0 aromatic carbocycles. The summed E-state index contributed by atoms with van der Waals surface area (Å²) in [5.74, 6) is 0. The summed E-state index contributed by atoms with van der Waals surface area (Å²) in [6, 6.07) is 1.51. The highest BCUT2D eigenvalue weighted by Gasteiger charge is 2.39. The monoisotopic (exact) mass is 250 g/mol. The molecule has 0 radical (unpaired) electrons. The first kappa shape index (κ1) is 13.4. The van der Waals surface area contributed by atoms with Crippen molar-refractivity contribution < 1.29 is 22.0 Å². The van der Waals surface area contributed by atoms with Gasteiger partial charge in [-0.15, -0.1) is 0 Å². The summed E-state index contributed by atoms with van der Waals surface area (Å²) < 4.78 is 63.3. The maximum atomic E-state index is 12.7. The third-order valence-electron chi connectivity index (χ3n) is 2.14. The maximum absolute atomic E-state index is 12.7. The van der Waals surface area contributed by atoms with E-state index in [1.807, 2.05) is 0 Å². The topological polar surface area (TPSA) is 36.7 Å². The number of nitrogens with zero attached hydrogens (tertiary/aromatic N) is 2. The van der Waals surface area contributed by atoms with E-state index in [9.17, 15) is 22.0 Å². The van der Waals surface area contributed by atoms with Crippen LogP contribution in [0.1, 0.15) is 28.8 Å². The highest BCUT2D eigenvalue weighted by Crippen LogP contribution is 2.39. The van der Waals surface area contributed by atoms with Crippen molar-refractivity contribution in [3.05, 3.63) is 28.6 Å². The van der Waals surface area contributed by atoms with Gasteiger partial charge in [-0.1, -0.05) is 0 Å². The standard InChI is InChI=1S/C10H7F5N2/c1-5-4-17-6(2-3-16)7(9(11)12)8(5)10(13,14)15/h4,9H,2H2,1H3. The first-order valence-corrected chi connectivity index (χ1v) is 4.49. The minimum atomic E-state index is -4.89. The molecule has 0 saturated heterocycles. The van der Waals surface area contributed by atoms with Crippen molar-refractivity contribution in [2.45, 2.75) is 25.9 Å². The van der Waals surface area contributed by atoms with E-state index in [2.05, 4.69) is 4.98 Å². The Labute approximate surface area is 93.7 Å². The van der Waals surface area contributed by atoms with Gasteiger partial charge in [-0.25, -0.2) is 8.78 Å². The van der Waals surface area contributed by atoms with E-state index in [0.717, 1.165) is 13.1 Å². The van der Waals surface area contributed by atoms with Crippen LogP contribution in [-0.4, -0.2) is 4.98 Å². The van der Waals surface area contributed by atoms with E-state index in [-0.39, 0.29) is 5.56 Å². The van der Waals surface area contributed by atoms with E-state index in [1.165, 1.54) is 6.07 Å². The zero-order chi connectivity index (χ0) is 13.2. The largest absolute Gasteiger partial charge is 0.417 e. The van der Waals surface area contributed by atoms with Gasteiger partial charge >= 0.3 is 6.18 Å². The molecule has 1 aromatic heterocycles. The van der Waals surface area contributed by atoms with Crippen molar-refractivity contribution in [1.82, 2.24) is 4.98 Å². The minimum absolute atomic E-state index is 0.380. The second-order valence-corrected chi connectivity index (χ2v) is 3.31. The number of hydrogen-bond acceptors (Lipinski definition) is 2. The lowest BCUT2D eigenvalue weighted by Gasteiger charge is -2.16. The predicted molar refractivity (Wildman–Crippen MR) is 48.3 cm³/mol. The van der Waals surface area contributed by atoms with E-state index < -0.39 is 35.8 Å². The Balaban J connectivity index is 3.56. The highest BCUT2D eigenvalue weighted by molar-refractivity contribution is 5.40. The zero-order valence-corrected chi connectivity index (χ0v) is 8.65. The number of aromatic nitrogens is 1. The molecule has 0 unspecified atom stereocenters. The maximum Gasteiger partial charge on any atom is 0.417 e. The SMILES string of the molecule is Cc1cnc(CC#N)c(C(F)F)c1C(F)(F)F. The summed E-state index contributed by atoms with van der Waals surface area (Å²) in [5.41, 5.74) is -3.50. The third-order valence-corrected chi connectivity index (χ3v) is 2.14. The van der Waals surface area contributed by atoms with Crippen LogP contribution >= 0.6 is 0 Å². The van der Waals surface area contributed by atoms with Gasteiger partial charge < -0.3 is 0 Å². The summed E-state index contributed by atoms with van der Waals surface area (Å²) in [6.07, 6.45) is -7.93. The van der Waals surface area contributed by atoms with Crippen LogP contribution in [-0.2, 0) is 12.6 Å². The quantitative estimate of drug-likeness (QED) is 0.754. The smallest absolute Gasteiger partial charge is 0.259 e. The van der Waals surface area contributed by atoms with E-state index in [0.29, 0.717) is 0 Å². The van der Waals surface area contributed by atoms with Crippen LogP contribution in [0.5, 0.6) is 0 Å². The first-order valence-electron chi connectivity index (χ1n) is 4.49. The van der Waals surface area contributed by atoms with Gasteiger partial charge in [-0.05, 0) is 12.5 Å². The number of nitriles is 1. The predicted octanol–water partition coefficient (Wildman–Crippen LogP) is 3.41. The molecule has 0 spiro atoms. The lowest BCUT2D eigenvalue weighted by atomic mass is 10.0. The van der Waals surface area contributed by atoms with Gasteiger partial charge in [-0.3, -0.25) is 4.98 Å². The van der Waals surface area contributed by atoms with Crippen LogP contribution in [0.4, 0.5) is 22.0 Å². The van der Waals surface area contributed by atoms with Gasteiger partial charge in [0.2, 0.25) is 0 Å². The van der Waals surface area contributed by atoms with Gasteiger partial charge in [-0.2, -0.15) is 18.4 Å². The molecule has 0 aliphatic heterocycles. The van der Waals surface area contributed by atoms with E-state index >= 15 is 0 Å². The number of hydrogen-bond donors (Lipinski definition) is 0. The average Bonchev–Trinajstić information content (AvgIpc) is 2.18. The lowest BCUT2D eigenvalue weighted by molar-refractivity contribution is -0.140. The molecule has 0 saturated carbocycles. The normalized spacial score (nSPS) is 11.6. The fraction of sp³-hybridized carbons (Fsp3) is 0.400. The van der Waals surface area contributed by atoms with Crippen LogP contribution < -0.4 is 0 Å². The Morgan fingerprint density at radius 1 is 1.41 bits per heavy atom. The van der Waals surface area contributed by atoms with Crippen LogP contribution in [0.25, 0.3) is 0 Å². The molecule has 2 nitrogen and oxygen atoms in total. The summed E-state index contributed by atoms with van der Waals surface area (Å²) in [5, 5.41) is 8.37. The van der Waals surface area contributed by atoms with Crippen molar-refractivity contribution in [3.63, 3.8) is 0 Å². The van der Waals surface area contributed by atoms with Gasteiger partial charge in [0.15, 0.2) is 0 Å². The molecule has 17 heavy (non-hydrogen) atoms. The van der Waals surface area contributed by atoms with Gasteiger partial charge in [0.05, 0.1) is 29.3 Å². The molecule has 0 bridgehead atoms. The molecule has 7 heteroatoms. The second kappa shape index (κ2) is 4.65. The molecule has 1 rings (SSSR count). The van der Waals surface area contributed by atoms with Crippen molar-refractivity contribution >= 4 is 0 Å². The molecule has 0 aliphatic rings. The van der Waals surface area contributed by atoms with Crippen molar-refractivity contribution in [2.75, 3.05) is 0 Å². The zero-order valence-electron chi connectivity index (χ0n) is 8.65. The molecule has 0 amide bonds. The highest BCUT2D eigenvalue weighted by atomic mass is 19.4. The van der Waals surface area contributed by atoms with Crippen LogP contribution in [0.3, 0.4) is 0 Å². The molecular formula is C10H7F5N2. The van der Waals surface area contributed by atoms with Crippen LogP contribution in [0.15, 0.2) is 6.20 Å². The lowest BCUT2D eigenvalue weighted by Crippen LogP contribution is -2.15. The number of halogens is 5. The molecule has 1 heterocycles. The summed E-state index contributed by atoms with van der Waals surface area (Å²) in [4.78, 5) is 3.46. The minimum Gasteiger partial charge on any atom is -0.259 e. The molecule has 1 aromatic rings. The molecule has 92 valence electrons. The number of alkyl halides is 5. The number of aryl methyl sites for hydroxylation is 1. The molecule has 0 aliphatic carbocycles. The summed E-state index contributed by atoms with van der Waals surface area (Å²) >= 11 is 0. The Hall–Kier alpha value is -1.71. The van der Waals surface area contributed by atoms with Gasteiger partial charge in [0.25, 0.3) is 6.43 Å². The molecule has 0 atom stereocenters. The fourth-order valence-corrected chi connectivity index (χ4v) is 1.49. The van der Waals surface area contributed by atoms with E-state index in [1.54, 1.807) is 0 Å². The Morgan fingerprint density at radius 2 is 2.00 bits per heavy atom. The molecule has 0 N–H and O–H groups in total. The summed E-state index contributed by atoms with van der Waals surface area (Å²) in [6.45, 7) is 1.05. The van der Waals surface area contributed by atoms with Crippen molar-refractivity contribution in [3.8, 4) is 6.07 Å². The Morgan fingerprint density at radius 3 is 2.41 bits per heavy atom. The average molecular weight is 250 g/mol. The third kappa shape index (κ3) is 2.70. The Bertz CT molecular complexity index is 459. The number of rotatable bonds is 2.